The normalized spacial score (nSPS) is 10.0. The van der Waals surface area contributed by atoms with E-state index >= 15 is 0 Å². The van der Waals surface area contributed by atoms with Crippen molar-refractivity contribution in [2.24, 2.45) is 0 Å². The van der Waals surface area contributed by atoms with Crippen LogP contribution in [0.1, 0.15) is 24.5 Å². The van der Waals surface area contributed by atoms with Crippen LogP contribution in [0.5, 0.6) is 5.75 Å². The molecule has 1 aromatic heterocycles. The van der Waals surface area contributed by atoms with Gasteiger partial charge in [-0.05, 0) is 36.2 Å². The quantitative estimate of drug-likeness (QED) is 0.837. The highest BCUT2D eigenvalue weighted by Gasteiger charge is 2.03. The van der Waals surface area contributed by atoms with E-state index < -0.39 is 0 Å². The molecule has 20 heavy (non-hydrogen) atoms. The maximum atomic E-state index is 11.9. The molecule has 102 valence electrons. The fourth-order valence-electron chi connectivity index (χ4n) is 1.85. The van der Waals surface area contributed by atoms with E-state index in [4.69, 9.17) is 10.00 Å². The Hall–Kier alpha value is -2.54. The number of hydrogen-bond donors (Lipinski definition) is 0. The minimum absolute atomic E-state index is 0.162. The van der Waals surface area contributed by atoms with E-state index in [2.05, 4.69) is 6.92 Å². The van der Waals surface area contributed by atoms with E-state index in [0.29, 0.717) is 13.2 Å². The number of ether oxygens (including phenoxy) is 1. The smallest absolute Gasteiger partial charge is 0.268 e. The molecule has 0 atom stereocenters. The van der Waals surface area contributed by atoms with Crippen LogP contribution >= 0.6 is 0 Å². The Bertz CT molecular complexity index is 666. The summed E-state index contributed by atoms with van der Waals surface area (Å²) in [6, 6.07) is 12.8. The SMILES string of the molecule is CCCOc1ccc(Cn2cccc(C#N)c2=O)cc1. The highest BCUT2D eigenvalue weighted by atomic mass is 16.5. The largest absolute Gasteiger partial charge is 0.494 e. The predicted molar refractivity (Wildman–Crippen MR) is 76.7 cm³/mol. The summed E-state index contributed by atoms with van der Waals surface area (Å²) in [7, 11) is 0. The van der Waals surface area contributed by atoms with Gasteiger partial charge in [0.1, 0.15) is 17.4 Å². The molecule has 0 N–H and O–H groups in total. The van der Waals surface area contributed by atoms with Crippen molar-refractivity contribution in [2.75, 3.05) is 6.61 Å². The van der Waals surface area contributed by atoms with Crippen LogP contribution in [-0.2, 0) is 6.54 Å². The van der Waals surface area contributed by atoms with Gasteiger partial charge in [0.05, 0.1) is 13.2 Å². The van der Waals surface area contributed by atoms with Crippen molar-refractivity contribution < 1.29 is 4.74 Å². The van der Waals surface area contributed by atoms with Crippen LogP contribution < -0.4 is 10.3 Å². The summed E-state index contributed by atoms with van der Waals surface area (Å²) in [4.78, 5) is 11.9. The summed E-state index contributed by atoms with van der Waals surface area (Å²) in [5.74, 6) is 0.828. The Morgan fingerprint density at radius 1 is 1.25 bits per heavy atom. The summed E-state index contributed by atoms with van der Waals surface area (Å²) in [6.07, 6.45) is 2.66. The molecule has 0 bridgehead atoms. The van der Waals surface area contributed by atoms with E-state index in [0.717, 1.165) is 17.7 Å². The number of hydrogen-bond acceptors (Lipinski definition) is 3. The summed E-state index contributed by atoms with van der Waals surface area (Å²) in [5.41, 5.74) is 0.891. The molecule has 1 heterocycles. The number of nitrogens with zero attached hydrogens (tertiary/aromatic N) is 2. The second-order valence-corrected chi connectivity index (χ2v) is 4.46. The Labute approximate surface area is 117 Å². The zero-order valence-electron chi connectivity index (χ0n) is 11.4. The Balaban J connectivity index is 2.15. The third-order valence-corrected chi connectivity index (χ3v) is 2.89. The van der Waals surface area contributed by atoms with E-state index in [-0.39, 0.29) is 11.1 Å². The first-order valence-corrected chi connectivity index (χ1v) is 6.56. The summed E-state index contributed by atoms with van der Waals surface area (Å²) < 4.78 is 7.04. The van der Waals surface area contributed by atoms with Crippen molar-refractivity contribution in [3.8, 4) is 11.8 Å². The van der Waals surface area contributed by atoms with Gasteiger partial charge in [-0.3, -0.25) is 4.79 Å². The molecule has 0 unspecified atom stereocenters. The average Bonchev–Trinajstić information content (AvgIpc) is 2.48. The predicted octanol–water partition coefficient (Wildman–Crippen LogP) is 2.56. The molecule has 0 aliphatic rings. The van der Waals surface area contributed by atoms with Gasteiger partial charge >= 0.3 is 0 Å². The molecule has 0 aliphatic heterocycles. The van der Waals surface area contributed by atoms with Gasteiger partial charge in [-0.1, -0.05) is 19.1 Å². The maximum Gasteiger partial charge on any atom is 0.268 e. The zero-order chi connectivity index (χ0) is 14.4. The maximum absolute atomic E-state index is 11.9. The number of nitriles is 1. The number of pyridine rings is 1. The molecular formula is C16H16N2O2. The second-order valence-electron chi connectivity index (χ2n) is 4.46. The van der Waals surface area contributed by atoms with Gasteiger partial charge in [-0.2, -0.15) is 5.26 Å². The molecular weight excluding hydrogens is 252 g/mol. The summed E-state index contributed by atoms with van der Waals surface area (Å²) >= 11 is 0. The lowest BCUT2D eigenvalue weighted by Crippen LogP contribution is -2.22. The van der Waals surface area contributed by atoms with Gasteiger partial charge in [0.2, 0.25) is 0 Å². The lowest BCUT2D eigenvalue weighted by atomic mass is 10.2. The number of aromatic nitrogens is 1. The molecule has 2 aromatic rings. The highest BCUT2D eigenvalue weighted by Crippen LogP contribution is 2.13. The van der Waals surface area contributed by atoms with Crippen molar-refractivity contribution in [1.29, 1.82) is 5.26 Å². The first-order valence-electron chi connectivity index (χ1n) is 6.56. The van der Waals surface area contributed by atoms with Crippen molar-refractivity contribution in [1.82, 2.24) is 4.57 Å². The van der Waals surface area contributed by atoms with Gasteiger partial charge < -0.3 is 9.30 Å². The fourth-order valence-corrected chi connectivity index (χ4v) is 1.85. The fraction of sp³-hybridized carbons (Fsp3) is 0.250. The topological polar surface area (TPSA) is 55.0 Å². The van der Waals surface area contributed by atoms with Gasteiger partial charge in [-0.15, -0.1) is 0 Å². The first kappa shape index (κ1) is 13.9. The van der Waals surface area contributed by atoms with Crippen molar-refractivity contribution in [2.45, 2.75) is 19.9 Å². The Kier molecular flexibility index (Phi) is 4.56. The van der Waals surface area contributed by atoms with Crippen LogP contribution in [-0.4, -0.2) is 11.2 Å². The van der Waals surface area contributed by atoms with Crippen molar-refractivity contribution >= 4 is 0 Å². The second kappa shape index (κ2) is 6.58. The highest BCUT2D eigenvalue weighted by molar-refractivity contribution is 5.29. The van der Waals surface area contributed by atoms with E-state index in [9.17, 15) is 4.79 Å². The van der Waals surface area contributed by atoms with Crippen LogP contribution in [0.15, 0.2) is 47.4 Å². The van der Waals surface area contributed by atoms with Crippen LogP contribution in [0, 0.1) is 11.3 Å². The third-order valence-electron chi connectivity index (χ3n) is 2.89. The van der Waals surface area contributed by atoms with E-state index in [1.807, 2.05) is 30.3 Å². The number of benzene rings is 1. The van der Waals surface area contributed by atoms with Crippen LogP contribution in [0.2, 0.25) is 0 Å². The standard InChI is InChI=1S/C16H16N2O2/c1-2-10-20-15-7-5-13(6-8-15)12-18-9-3-4-14(11-17)16(18)19/h3-9H,2,10,12H2,1H3. The molecule has 0 fully saturated rings. The minimum atomic E-state index is -0.263. The lowest BCUT2D eigenvalue weighted by Gasteiger charge is -2.08. The summed E-state index contributed by atoms with van der Waals surface area (Å²) in [5, 5.41) is 8.85. The van der Waals surface area contributed by atoms with Crippen molar-refractivity contribution in [3.05, 3.63) is 64.1 Å². The van der Waals surface area contributed by atoms with E-state index in [1.54, 1.807) is 12.3 Å². The third kappa shape index (κ3) is 3.27. The van der Waals surface area contributed by atoms with Gasteiger partial charge in [-0.25, -0.2) is 0 Å². The molecule has 0 saturated heterocycles. The molecule has 0 amide bonds. The monoisotopic (exact) mass is 268 g/mol. The van der Waals surface area contributed by atoms with Crippen LogP contribution in [0.4, 0.5) is 0 Å². The molecule has 1 aromatic carbocycles. The molecule has 0 radical (unpaired) electrons. The van der Waals surface area contributed by atoms with Gasteiger partial charge in [0, 0.05) is 6.20 Å². The summed E-state index contributed by atoms with van der Waals surface area (Å²) in [6.45, 7) is 3.20. The Morgan fingerprint density at radius 3 is 2.65 bits per heavy atom. The first-order chi connectivity index (χ1) is 9.74. The average molecular weight is 268 g/mol. The number of rotatable bonds is 5. The Morgan fingerprint density at radius 2 is 2.00 bits per heavy atom. The molecule has 0 saturated carbocycles. The van der Waals surface area contributed by atoms with Crippen molar-refractivity contribution in [3.63, 3.8) is 0 Å². The minimum Gasteiger partial charge on any atom is -0.494 e. The zero-order valence-corrected chi connectivity index (χ0v) is 11.4. The van der Waals surface area contributed by atoms with Gasteiger partial charge in [0.25, 0.3) is 5.56 Å². The van der Waals surface area contributed by atoms with E-state index in [1.165, 1.54) is 10.6 Å². The van der Waals surface area contributed by atoms with Crippen LogP contribution in [0.3, 0.4) is 0 Å². The molecule has 0 spiro atoms. The molecule has 2 rings (SSSR count). The van der Waals surface area contributed by atoms with Gasteiger partial charge in [0.15, 0.2) is 0 Å². The lowest BCUT2D eigenvalue weighted by molar-refractivity contribution is 0.317. The molecule has 4 nitrogen and oxygen atoms in total. The molecule has 0 aliphatic carbocycles. The van der Waals surface area contributed by atoms with Crippen LogP contribution in [0.25, 0.3) is 0 Å². The molecule has 4 heteroatoms.